The van der Waals surface area contributed by atoms with E-state index in [1.165, 1.54) is 37.7 Å². The quantitative estimate of drug-likeness (QED) is 0.369. The first-order valence-electron chi connectivity index (χ1n) is 13.1. The Morgan fingerprint density at radius 1 is 1.03 bits per heavy atom. The van der Waals surface area contributed by atoms with E-state index in [1.807, 2.05) is 45.0 Å². The number of allylic oxidation sites excluding steroid dienone is 1. The Hall–Kier alpha value is -2.99. The number of benzene rings is 2. The van der Waals surface area contributed by atoms with Crippen molar-refractivity contribution in [2.45, 2.75) is 64.8 Å². The maximum Gasteiger partial charge on any atom is 0.338 e. The fourth-order valence-corrected chi connectivity index (χ4v) is 6.48. The number of rotatable bonds is 7. The van der Waals surface area contributed by atoms with Crippen LogP contribution in [-0.2, 0) is 9.53 Å². The Balaban J connectivity index is 1.56. The standard InChI is InChI=1S/C30H34N2O3S/c1-4-34-26-14-10-9-13-24(26)28-27(29(33)35-5-2)20(3)31-30-32(28)25(19-36-30)23-17-15-22(16-18-23)21-11-7-6-8-12-21/h9-10,13-19,21,28H,4-8,11-12H2,1-3H3/t28-/m0/s1. The number of aliphatic imine (C=N–C) groups is 1. The van der Waals surface area contributed by atoms with E-state index in [1.54, 1.807) is 11.8 Å². The highest BCUT2D eigenvalue weighted by Gasteiger charge is 2.42. The number of nitrogens with zero attached hydrogens (tertiary/aromatic N) is 2. The van der Waals surface area contributed by atoms with Crippen LogP contribution in [0.5, 0.6) is 5.75 Å². The number of amidine groups is 1. The van der Waals surface area contributed by atoms with Gasteiger partial charge in [0.2, 0.25) is 0 Å². The van der Waals surface area contributed by atoms with Crippen LogP contribution in [-0.4, -0.2) is 29.3 Å². The van der Waals surface area contributed by atoms with Gasteiger partial charge in [-0.1, -0.05) is 73.5 Å². The summed E-state index contributed by atoms with van der Waals surface area (Å²) in [5, 5.41) is 3.01. The molecule has 36 heavy (non-hydrogen) atoms. The number of hydrogen-bond donors (Lipinski definition) is 0. The topological polar surface area (TPSA) is 51.1 Å². The van der Waals surface area contributed by atoms with E-state index in [0.717, 1.165) is 27.7 Å². The zero-order valence-electron chi connectivity index (χ0n) is 21.3. The molecule has 2 heterocycles. The van der Waals surface area contributed by atoms with Crippen molar-refractivity contribution in [1.82, 2.24) is 4.90 Å². The lowest BCUT2D eigenvalue weighted by molar-refractivity contribution is -0.139. The highest BCUT2D eigenvalue weighted by atomic mass is 32.2. The van der Waals surface area contributed by atoms with Gasteiger partial charge >= 0.3 is 5.97 Å². The van der Waals surface area contributed by atoms with Crippen LogP contribution in [0.1, 0.15) is 81.5 Å². The first kappa shape index (κ1) is 24.7. The third kappa shape index (κ3) is 4.71. The minimum atomic E-state index is -0.390. The molecule has 188 valence electrons. The molecule has 0 spiro atoms. The zero-order chi connectivity index (χ0) is 25.1. The summed E-state index contributed by atoms with van der Waals surface area (Å²) in [5.41, 5.74) is 5.76. The van der Waals surface area contributed by atoms with Crippen molar-refractivity contribution in [1.29, 1.82) is 0 Å². The summed E-state index contributed by atoms with van der Waals surface area (Å²) < 4.78 is 11.5. The molecular formula is C30H34N2O3S. The van der Waals surface area contributed by atoms with Gasteiger partial charge in [-0.2, -0.15) is 0 Å². The highest BCUT2D eigenvalue weighted by Crippen LogP contribution is 2.49. The second-order valence-electron chi connectivity index (χ2n) is 9.44. The molecule has 1 atom stereocenters. The molecule has 2 aliphatic heterocycles. The molecule has 1 saturated carbocycles. The smallest absolute Gasteiger partial charge is 0.338 e. The van der Waals surface area contributed by atoms with Crippen LogP contribution in [0.15, 0.2) is 70.2 Å². The number of ether oxygens (including phenoxy) is 2. The second-order valence-corrected chi connectivity index (χ2v) is 10.3. The minimum absolute atomic E-state index is 0.312. The third-order valence-electron chi connectivity index (χ3n) is 7.22. The number of carbonyl (C=O) groups excluding carboxylic acids is 1. The molecular weight excluding hydrogens is 468 g/mol. The Morgan fingerprint density at radius 2 is 1.78 bits per heavy atom. The van der Waals surface area contributed by atoms with Crippen molar-refractivity contribution in [2.24, 2.45) is 4.99 Å². The van der Waals surface area contributed by atoms with Gasteiger partial charge in [0.1, 0.15) is 5.75 Å². The lowest BCUT2D eigenvalue weighted by Gasteiger charge is -2.37. The summed E-state index contributed by atoms with van der Waals surface area (Å²) >= 11 is 1.60. The number of thioether (sulfide) groups is 1. The SMILES string of the molecule is CCOC(=O)C1=C(C)N=C2SC=C(c3ccc(C4CCCCC4)cc3)N2[C@H]1c1ccccc1OCC. The number of para-hydroxylation sites is 1. The summed E-state index contributed by atoms with van der Waals surface area (Å²) in [6.07, 6.45) is 6.57. The molecule has 5 rings (SSSR count). The molecule has 2 aromatic carbocycles. The van der Waals surface area contributed by atoms with E-state index in [4.69, 9.17) is 14.5 Å². The van der Waals surface area contributed by atoms with E-state index in [2.05, 4.69) is 34.6 Å². The van der Waals surface area contributed by atoms with Crippen LogP contribution in [0.2, 0.25) is 0 Å². The normalized spacial score (nSPS) is 20.1. The number of esters is 1. The Morgan fingerprint density at radius 3 is 2.50 bits per heavy atom. The van der Waals surface area contributed by atoms with E-state index in [-0.39, 0.29) is 5.97 Å². The van der Waals surface area contributed by atoms with Gasteiger partial charge in [0.25, 0.3) is 0 Å². The van der Waals surface area contributed by atoms with E-state index in [0.29, 0.717) is 30.4 Å². The zero-order valence-corrected chi connectivity index (χ0v) is 22.1. The lowest BCUT2D eigenvalue weighted by Crippen LogP contribution is -2.36. The molecule has 2 aromatic rings. The van der Waals surface area contributed by atoms with Crippen molar-refractivity contribution in [3.05, 3.63) is 81.9 Å². The molecule has 6 heteroatoms. The maximum absolute atomic E-state index is 13.3. The molecule has 0 N–H and O–H groups in total. The maximum atomic E-state index is 13.3. The Bertz CT molecular complexity index is 1210. The van der Waals surface area contributed by atoms with Gasteiger partial charge in [0.05, 0.1) is 36.2 Å². The fraction of sp³-hybridized carbons (Fsp3) is 0.400. The van der Waals surface area contributed by atoms with Crippen LogP contribution >= 0.6 is 11.8 Å². The predicted molar refractivity (Wildman–Crippen MR) is 147 cm³/mol. The Kier molecular flexibility index (Phi) is 7.51. The fourth-order valence-electron chi connectivity index (χ4n) is 5.51. The van der Waals surface area contributed by atoms with E-state index in [9.17, 15) is 4.79 Å². The van der Waals surface area contributed by atoms with Crippen molar-refractivity contribution in [3.8, 4) is 5.75 Å². The Labute approximate surface area is 218 Å². The van der Waals surface area contributed by atoms with E-state index >= 15 is 0 Å². The summed E-state index contributed by atoms with van der Waals surface area (Å²) in [7, 11) is 0. The van der Waals surface area contributed by atoms with Gasteiger partial charge in [0, 0.05) is 11.0 Å². The molecule has 0 unspecified atom stereocenters. The summed E-state index contributed by atoms with van der Waals surface area (Å²) in [5.74, 6) is 1.10. The average Bonchev–Trinajstić information content (AvgIpc) is 3.32. The van der Waals surface area contributed by atoms with E-state index < -0.39 is 6.04 Å². The lowest BCUT2D eigenvalue weighted by atomic mass is 9.84. The molecule has 0 saturated heterocycles. The number of carbonyl (C=O) groups is 1. The van der Waals surface area contributed by atoms with Crippen molar-refractivity contribution >= 4 is 28.6 Å². The van der Waals surface area contributed by atoms with Gasteiger partial charge in [-0.15, -0.1) is 0 Å². The van der Waals surface area contributed by atoms with Gasteiger partial charge < -0.3 is 14.4 Å². The molecule has 0 radical (unpaired) electrons. The molecule has 5 nitrogen and oxygen atoms in total. The molecule has 1 fully saturated rings. The third-order valence-corrected chi connectivity index (χ3v) is 8.06. The van der Waals surface area contributed by atoms with Gasteiger partial charge in [-0.25, -0.2) is 9.79 Å². The molecule has 1 aliphatic carbocycles. The highest BCUT2D eigenvalue weighted by molar-refractivity contribution is 8.16. The number of hydrogen-bond acceptors (Lipinski definition) is 6. The second kappa shape index (κ2) is 11.0. The van der Waals surface area contributed by atoms with Gasteiger partial charge in [0.15, 0.2) is 5.17 Å². The summed E-state index contributed by atoms with van der Waals surface area (Å²) in [6.45, 7) is 6.56. The van der Waals surface area contributed by atoms with Crippen LogP contribution < -0.4 is 4.74 Å². The average molecular weight is 503 g/mol. The van der Waals surface area contributed by atoms with Crippen LogP contribution in [0.25, 0.3) is 5.70 Å². The summed E-state index contributed by atoms with van der Waals surface area (Å²) in [4.78, 5) is 20.3. The molecule has 0 amide bonds. The van der Waals surface area contributed by atoms with Crippen molar-refractivity contribution < 1.29 is 14.3 Å². The largest absolute Gasteiger partial charge is 0.494 e. The first-order chi connectivity index (χ1) is 17.6. The molecule has 0 bridgehead atoms. The molecule has 3 aliphatic rings. The van der Waals surface area contributed by atoms with Gasteiger partial charge in [-0.05, 0) is 56.7 Å². The van der Waals surface area contributed by atoms with Crippen LogP contribution in [0, 0.1) is 0 Å². The first-order valence-corrected chi connectivity index (χ1v) is 13.9. The van der Waals surface area contributed by atoms with Crippen molar-refractivity contribution in [3.63, 3.8) is 0 Å². The monoisotopic (exact) mass is 502 g/mol. The van der Waals surface area contributed by atoms with Gasteiger partial charge in [-0.3, -0.25) is 0 Å². The van der Waals surface area contributed by atoms with Crippen LogP contribution in [0.3, 0.4) is 0 Å². The van der Waals surface area contributed by atoms with Crippen molar-refractivity contribution in [2.75, 3.05) is 13.2 Å². The molecule has 0 aromatic heterocycles. The number of fused-ring (bicyclic) bond motifs is 1. The predicted octanol–water partition coefficient (Wildman–Crippen LogP) is 7.43. The minimum Gasteiger partial charge on any atom is -0.494 e. The van der Waals surface area contributed by atoms with Crippen LogP contribution in [0.4, 0.5) is 0 Å². The summed E-state index contributed by atoms with van der Waals surface area (Å²) in [6, 6.07) is 16.6.